The molecule has 0 aliphatic carbocycles. The number of halogens is 4. The minimum Gasteiger partial charge on any atom is -0.443 e. The Labute approximate surface area is 207 Å². The molecule has 4 heterocycles. The number of hydrogen-bond donors (Lipinski definition) is 1. The summed E-state index contributed by atoms with van der Waals surface area (Å²) in [5.74, 6) is -2.35. The van der Waals surface area contributed by atoms with Crippen molar-refractivity contribution < 1.29 is 35.2 Å². The average Bonchev–Trinajstić information content (AvgIpc) is 3.26. The van der Waals surface area contributed by atoms with Crippen molar-refractivity contribution in [3.05, 3.63) is 72.3 Å². The minimum atomic E-state index is -4.66. The number of pyridine rings is 1. The van der Waals surface area contributed by atoms with Crippen molar-refractivity contribution in [2.45, 2.75) is 30.3 Å². The molecule has 0 saturated carbocycles. The van der Waals surface area contributed by atoms with Crippen LogP contribution in [0.15, 0.2) is 64.5 Å². The molecule has 14 heteroatoms. The topological polar surface area (TPSA) is 118 Å². The number of hydrogen-bond acceptors (Lipinski definition) is 7. The number of rotatable bonds is 6. The molecular formula is C23H17F4N5O4S. The monoisotopic (exact) mass is 535 g/mol. The molecule has 1 aliphatic heterocycles. The van der Waals surface area contributed by atoms with Crippen molar-refractivity contribution in [1.82, 2.24) is 24.6 Å². The van der Waals surface area contributed by atoms with Gasteiger partial charge in [0, 0.05) is 42.2 Å². The quantitative estimate of drug-likeness (QED) is 0.376. The van der Waals surface area contributed by atoms with Gasteiger partial charge in [-0.25, -0.2) is 22.8 Å². The molecule has 37 heavy (non-hydrogen) atoms. The normalized spacial score (nSPS) is 16.5. The number of nitrogens with zero attached hydrogens (tertiary/aromatic N) is 4. The summed E-state index contributed by atoms with van der Waals surface area (Å²) in [6.45, 7) is 0.0515. The number of aromatic nitrogens is 3. The number of carbonyl (C=O) groups is 1. The Morgan fingerprint density at radius 3 is 2.51 bits per heavy atom. The van der Waals surface area contributed by atoms with Crippen LogP contribution in [0.4, 0.5) is 17.6 Å². The Bertz CT molecular complexity index is 1590. The molecule has 0 spiro atoms. The van der Waals surface area contributed by atoms with Crippen LogP contribution in [0.1, 0.15) is 17.9 Å². The van der Waals surface area contributed by atoms with E-state index >= 15 is 0 Å². The summed E-state index contributed by atoms with van der Waals surface area (Å²) in [6.07, 6.45) is -0.874. The SMILES string of the molecule is O=C(NCc1cc(-c2cnc(C(F)(F)F)nc2)ccn1)C1CCN1S(=O)(=O)c1cc2cc(F)ccc2o1. The first-order valence-corrected chi connectivity index (χ1v) is 12.3. The number of amides is 1. The molecule has 1 aliphatic rings. The van der Waals surface area contributed by atoms with Gasteiger partial charge < -0.3 is 9.73 Å². The molecule has 192 valence electrons. The van der Waals surface area contributed by atoms with Gasteiger partial charge in [0.2, 0.25) is 16.8 Å². The van der Waals surface area contributed by atoms with Gasteiger partial charge in [-0.15, -0.1) is 0 Å². The Hall–Kier alpha value is -3.91. The zero-order chi connectivity index (χ0) is 26.4. The first-order chi connectivity index (χ1) is 17.5. The number of benzene rings is 1. The predicted octanol–water partition coefficient (Wildman–Crippen LogP) is 3.52. The van der Waals surface area contributed by atoms with E-state index in [1.807, 2.05) is 0 Å². The third-order valence-electron chi connectivity index (χ3n) is 5.79. The molecule has 3 aromatic heterocycles. The van der Waals surface area contributed by atoms with Crippen molar-refractivity contribution in [3.8, 4) is 11.1 Å². The van der Waals surface area contributed by atoms with E-state index in [4.69, 9.17) is 4.42 Å². The number of alkyl halides is 3. The fraction of sp³-hybridized carbons (Fsp3) is 0.217. The summed E-state index contributed by atoms with van der Waals surface area (Å²) in [5, 5.41) is 2.52. The van der Waals surface area contributed by atoms with Crippen molar-refractivity contribution >= 4 is 26.9 Å². The molecule has 9 nitrogen and oxygen atoms in total. The van der Waals surface area contributed by atoms with Gasteiger partial charge in [-0.3, -0.25) is 9.78 Å². The predicted molar refractivity (Wildman–Crippen MR) is 121 cm³/mol. The van der Waals surface area contributed by atoms with Crippen LogP contribution in [0.25, 0.3) is 22.1 Å². The summed E-state index contributed by atoms with van der Waals surface area (Å²) in [7, 11) is -4.14. The molecule has 1 unspecified atom stereocenters. The molecule has 1 N–H and O–H groups in total. The Morgan fingerprint density at radius 1 is 1.08 bits per heavy atom. The highest BCUT2D eigenvalue weighted by atomic mass is 32.2. The molecule has 1 atom stereocenters. The standard InChI is InChI=1S/C23H17F4N5O4S/c24-16-1-2-19-14(7-16)9-20(36-19)37(34,35)32-6-4-18(32)21(33)29-12-17-8-13(3-5-28-17)15-10-30-22(31-11-15)23(25,26)27/h1-3,5,7-11,18H,4,6,12H2,(H,29,33). The zero-order valence-electron chi connectivity index (χ0n) is 18.7. The molecule has 0 radical (unpaired) electrons. The summed E-state index contributed by atoms with van der Waals surface area (Å²) >= 11 is 0. The second-order valence-electron chi connectivity index (χ2n) is 8.21. The van der Waals surface area contributed by atoms with E-state index < -0.39 is 44.9 Å². The van der Waals surface area contributed by atoms with Gasteiger partial charge >= 0.3 is 6.18 Å². The lowest BCUT2D eigenvalue weighted by molar-refractivity contribution is -0.145. The Morgan fingerprint density at radius 2 is 1.84 bits per heavy atom. The highest BCUT2D eigenvalue weighted by Gasteiger charge is 2.44. The Kier molecular flexibility index (Phi) is 6.15. The highest BCUT2D eigenvalue weighted by Crippen LogP contribution is 2.31. The number of furan rings is 1. The van der Waals surface area contributed by atoms with Gasteiger partial charge in [-0.2, -0.15) is 17.5 Å². The summed E-state index contributed by atoms with van der Waals surface area (Å²) in [6, 6.07) is 6.96. The van der Waals surface area contributed by atoms with Gasteiger partial charge in [-0.1, -0.05) is 0 Å². The lowest BCUT2D eigenvalue weighted by Gasteiger charge is -2.37. The molecule has 1 amide bonds. The molecule has 4 aromatic rings. The van der Waals surface area contributed by atoms with Gasteiger partial charge in [-0.05, 0) is 42.3 Å². The fourth-order valence-electron chi connectivity index (χ4n) is 3.82. The maximum atomic E-state index is 13.4. The Balaban J connectivity index is 1.25. The maximum absolute atomic E-state index is 13.4. The number of nitrogens with one attached hydrogen (secondary N) is 1. The van der Waals surface area contributed by atoms with Gasteiger partial charge in [0.15, 0.2) is 0 Å². The minimum absolute atomic E-state index is 0.0531. The van der Waals surface area contributed by atoms with Gasteiger partial charge in [0.05, 0.1) is 12.2 Å². The van der Waals surface area contributed by atoms with Crippen LogP contribution < -0.4 is 5.32 Å². The van der Waals surface area contributed by atoms with E-state index in [0.29, 0.717) is 16.8 Å². The van der Waals surface area contributed by atoms with Gasteiger partial charge in [0.1, 0.15) is 17.4 Å². The van der Waals surface area contributed by atoms with Crippen molar-refractivity contribution in [2.24, 2.45) is 0 Å². The van der Waals surface area contributed by atoms with Crippen LogP contribution >= 0.6 is 0 Å². The van der Waals surface area contributed by atoms with E-state index in [-0.39, 0.29) is 30.5 Å². The van der Waals surface area contributed by atoms with Crippen LogP contribution in [0.5, 0.6) is 0 Å². The van der Waals surface area contributed by atoms with Crippen molar-refractivity contribution in [3.63, 3.8) is 0 Å². The smallest absolute Gasteiger partial charge is 0.443 e. The van der Waals surface area contributed by atoms with E-state index in [1.54, 1.807) is 12.1 Å². The highest BCUT2D eigenvalue weighted by molar-refractivity contribution is 7.89. The lowest BCUT2D eigenvalue weighted by atomic mass is 10.1. The van der Waals surface area contributed by atoms with Crippen LogP contribution in [0.3, 0.4) is 0 Å². The van der Waals surface area contributed by atoms with E-state index in [1.165, 1.54) is 18.3 Å². The number of sulfonamides is 1. The second-order valence-corrected chi connectivity index (χ2v) is 10.0. The van der Waals surface area contributed by atoms with E-state index in [2.05, 4.69) is 20.3 Å². The third-order valence-corrected chi connectivity index (χ3v) is 7.56. The van der Waals surface area contributed by atoms with Crippen molar-refractivity contribution in [1.29, 1.82) is 0 Å². The maximum Gasteiger partial charge on any atom is 0.451 e. The van der Waals surface area contributed by atoms with E-state index in [0.717, 1.165) is 28.8 Å². The third kappa shape index (κ3) is 4.89. The van der Waals surface area contributed by atoms with E-state index in [9.17, 15) is 30.8 Å². The fourth-order valence-corrected chi connectivity index (χ4v) is 5.40. The summed E-state index contributed by atoms with van der Waals surface area (Å²) in [4.78, 5) is 23.5. The second kappa shape index (κ2) is 9.19. The van der Waals surface area contributed by atoms with Crippen LogP contribution in [0.2, 0.25) is 0 Å². The van der Waals surface area contributed by atoms with Gasteiger partial charge in [0.25, 0.3) is 10.0 Å². The first-order valence-electron chi connectivity index (χ1n) is 10.9. The van der Waals surface area contributed by atoms with Crippen molar-refractivity contribution in [2.75, 3.05) is 6.54 Å². The average molecular weight is 535 g/mol. The zero-order valence-corrected chi connectivity index (χ0v) is 19.6. The largest absolute Gasteiger partial charge is 0.451 e. The first kappa shape index (κ1) is 24.8. The van der Waals surface area contributed by atoms with Crippen LogP contribution in [0, 0.1) is 5.82 Å². The molecule has 1 fully saturated rings. The van der Waals surface area contributed by atoms with Crippen LogP contribution in [-0.2, 0) is 27.5 Å². The molecule has 5 rings (SSSR count). The summed E-state index contributed by atoms with van der Waals surface area (Å²) in [5.41, 5.74) is 1.40. The van der Waals surface area contributed by atoms with Crippen LogP contribution in [-0.4, -0.2) is 46.2 Å². The molecule has 0 bridgehead atoms. The number of fused-ring (bicyclic) bond motifs is 1. The summed E-state index contributed by atoms with van der Waals surface area (Å²) < 4.78 is 83.9. The molecule has 1 aromatic carbocycles. The molecule has 1 saturated heterocycles. The number of carbonyl (C=O) groups excluding carboxylic acids is 1. The molecular weight excluding hydrogens is 518 g/mol. The lowest BCUT2D eigenvalue weighted by Crippen LogP contribution is -2.57.